The molecule has 4 heterocycles. The van der Waals surface area contributed by atoms with E-state index in [2.05, 4.69) is 44.7 Å². The second-order valence-corrected chi connectivity index (χ2v) is 13.1. The van der Waals surface area contributed by atoms with Crippen molar-refractivity contribution in [3.63, 3.8) is 0 Å². The van der Waals surface area contributed by atoms with Gasteiger partial charge in [0, 0.05) is 61.2 Å². The fraction of sp³-hybridized carbons (Fsp3) is 0.355. The molecule has 2 aliphatic rings. The molecule has 2 aromatic heterocycles. The number of benzene rings is 2. The van der Waals surface area contributed by atoms with E-state index < -0.39 is 10.0 Å². The molecule has 1 amide bonds. The number of carbonyl (C=O) groups excluding carboxylic acids is 1. The van der Waals surface area contributed by atoms with Crippen molar-refractivity contribution in [1.82, 2.24) is 29.5 Å². The van der Waals surface area contributed by atoms with E-state index in [9.17, 15) is 13.2 Å². The topological polar surface area (TPSA) is 123 Å². The van der Waals surface area contributed by atoms with Gasteiger partial charge in [-0.15, -0.1) is 0 Å². The molecular weight excluding hydrogens is 566 g/mol. The fourth-order valence-electron chi connectivity index (χ4n) is 5.69. The van der Waals surface area contributed by atoms with Gasteiger partial charge in [-0.1, -0.05) is 24.3 Å². The number of aromatic nitrogens is 4. The van der Waals surface area contributed by atoms with E-state index in [1.165, 1.54) is 12.1 Å². The number of aryl methyl sites for hydroxylation is 2. The predicted molar refractivity (Wildman–Crippen MR) is 162 cm³/mol. The average molecular weight is 602 g/mol. The Morgan fingerprint density at radius 2 is 1.81 bits per heavy atom. The zero-order chi connectivity index (χ0) is 30.3. The average Bonchev–Trinajstić information content (AvgIpc) is 3.44. The second-order valence-electron chi connectivity index (χ2n) is 11.4. The lowest BCUT2D eigenvalue weighted by Gasteiger charge is -2.41. The first-order chi connectivity index (χ1) is 20.6. The molecule has 1 fully saturated rings. The van der Waals surface area contributed by atoms with E-state index in [-0.39, 0.29) is 41.3 Å². The highest BCUT2D eigenvalue weighted by molar-refractivity contribution is 7.92. The number of hydrogen-bond acceptors (Lipinski definition) is 8. The van der Waals surface area contributed by atoms with Gasteiger partial charge in [-0.3, -0.25) is 14.4 Å². The molecule has 2 aliphatic heterocycles. The van der Waals surface area contributed by atoms with Gasteiger partial charge in [0.05, 0.1) is 22.8 Å². The Hall–Kier alpha value is -4.29. The third kappa shape index (κ3) is 5.98. The number of fused-ring (bicyclic) bond motifs is 5. The van der Waals surface area contributed by atoms with E-state index in [1.54, 1.807) is 23.1 Å². The molecule has 1 N–H and O–H groups in total. The van der Waals surface area contributed by atoms with Gasteiger partial charge < -0.3 is 9.64 Å². The number of nitrogens with one attached hydrogen (secondary N) is 1. The summed E-state index contributed by atoms with van der Waals surface area (Å²) in [5.74, 6) is -0.124. The zero-order valence-electron chi connectivity index (χ0n) is 24.7. The van der Waals surface area contributed by atoms with Gasteiger partial charge in [0.15, 0.2) is 0 Å². The number of rotatable bonds is 4. The molecule has 2 aromatic carbocycles. The molecule has 43 heavy (non-hydrogen) atoms. The second kappa shape index (κ2) is 11.4. The van der Waals surface area contributed by atoms with E-state index >= 15 is 0 Å². The molecule has 1 saturated heterocycles. The highest BCUT2D eigenvalue weighted by Crippen LogP contribution is 2.30. The summed E-state index contributed by atoms with van der Waals surface area (Å²) in [6.45, 7) is 10.7. The lowest BCUT2D eigenvalue weighted by atomic mass is 10.00. The number of carbonyl (C=O) groups is 1. The van der Waals surface area contributed by atoms with Gasteiger partial charge in [-0.25, -0.2) is 18.1 Å². The van der Waals surface area contributed by atoms with Crippen LogP contribution in [0.3, 0.4) is 0 Å². The van der Waals surface area contributed by atoms with Gasteiger partial charge in [0.25, 0.3) is 15.9 Å². The van der Waals surface area contributed by atoms with Crippen LogP contribution in [0.4, 0.5) is 5.95 Å². The maximum Gasteiger partial charge on any atom is 0.264 e. The summed E-state index contributed by atoms with van der Waals surface area (Å²) in [5.41, 5.74) is 4.80. The number of ether oxygens (including phenoxy) is 1. The normalized spacial score (nSPS) is 18.6. The molecule has 6 rings (SSSR count). The Balaban J connectivity index is 1.38. The van der Waals surface area contributed by atoms with Gasteiger partial charge in [-0.05, 0) is 57.0 Å². The Morgan fingerprint density at radius 1 is 1.05 bits per heavy atom. The summed E-state index contributed by atoms with van der Waals surface area (Å²) in [6.07, 6.45) is 3.94. The van der Waals surface area contributed by atoms with Crippen LogP contribution in [0, 0.1) is 13.8 Å². The summed E-state index contributed by atoms with van der Waals surface area (Å²) in [5, 5.41) is 4.47. The fourth-order valence-corrected chi connectivity index (χ4v) is 6.68. The number of nitrogens with zero attached hydrogens (tertiary/aromatic N) is 6. The van der Waals surface area contributed by atoms with Crippen LogP contribution in [0.2, 0.25) is 0 Å². The van der Waals surface area contributed by atoms with Crippen LogP contribution in [0.1, 0.15) is 46.9 Å². The van der Waals surface area contributed by atoms with Gasteiger partial charge in [0.2, 0.25) is 11.8 Å². The Bertz CT molecular complexity index is 1770. The van der Waals surface area contributed by atoms with Crippen molar-refractivity contribution in [3.05, 3.63) is 83.2 Å². The Kier molecular flexibility index (Phi) is 7.65. The Morgan fingerprint density at radius 3 is 2.56 bits per heavy atom. The molecule has 0 saturated carbocycles. The van der Waals surface area contributed by atoms with Crippen molar-refractivity contribution < 1.29 is 17.9 Å². The minimum absolute atomic E-state index is 0.0431. The molecule has 0 unspecified atom stereocenters. The van der Waals surface area contributed by atoms with Gasteiger partial charge >= 0.3 is 0 Å². The summed E-state index contributed by atoms with van der Waals surface area (Å²) in [4.78, 5) is 26.8. The number of sulfonamides is 1. The minimum atomic E-state index is -4.10. The predicted octanol–water partition coefficient (Wildman–Crippen LogP) is 4.06. The largest absolute Gasteiger partial charge is 0.475 e. The highest BCUT2D eigenvalue weighted by Gasteiger charge is 2.33. The lowest BCUT2D eigenvalue weighted by Crippen LogP contribution is -2.57. The molecule has 224 valence electrons. The van der Waals surface area contributed by atoms with Crippen LogP contribution in [-0.4, -0.2) is 76.2 Å². The highest BCUT2D eigenvalue weighted by atomic mass is 32.2. The van der Waals surface area contributed by atoms with Crippen molar-refractivity contribution in [2.45, 2.75) is 51.2 Å². The summed E-state index contributed by atoms with van der Waals surface area (Å²) < 4.78 is 37.6. The van der Waals surface area contributed by atoms with Crippen molar-refractivity contribution in [1.29, 1.82) is 0 Å². The van der Waals surface area contributed by atoms with Crippen molar-refractivity contribution >= 4 is 21.9 Å². The van der Waals surface area contributed by atoms with Crippen LogP contribution in [0.25, 0.3) is 11.3 Å². The van der Waals surface area contributed by atoms with E-state index in [0.29, 0.717) is 37.4 Å². The smallest absolute Gasteiger partial charge is 0.264 e. The summed E-state index contributed by atoms with van der Waals surface area (Å²) >= 11 is 0. The summed E-state index contributed by atoms with van der Waals surface area (Å²) in [6, 6.07) is 13.7. The molecule has 4 bridgehead atoms. The molecule has 4 aromatic rings. The van der Waals surface area contributed by atoms with E-state index in [4.69, 9.17) is 4.74 Å². The van der Waals surface area contributed by atoms with Gasteiger partial charge in [0.1, 0.15) is 6.61 Å². The molecule has 12 heteroatoms. The molecule has 1 atom stereocenters. The molecule has 0 radical (unpaired) electrons. The molecule has 0 aliphatic carbocycles. The number of piperazine rings is 1. The van der Waals surface area contributed by atoms with Crippen LogP contribution in [0.5, 0.6) is 5.88 Å². The van der Waals surface area contributed by atoms with Crippen LogP contribution >= 0.6 is 0 Å². The van der Waals surface area contributed by atoms with Crippen molar-refractivity contribution in [2.24, 2.45) is 0 Å². The third-order valence-electron chi connectivity index (χ3n) is 7.90. The first-order valence-electron chi connectivity index (χ1n) is 14.3. The van der Waals surface area contributed by atoms with E-state index in [0.717, 1.165) is 22.3 Å². The quantitative estimate of drug-likeness (QED) is 0.372. The zero-order valence-corrected chi connectivity index (χ0v) is 25.5. The van der Waals surface area contributed by atoms with Crippen molar-refractivity contribution in [3.8, 4) is 17.1 Å². The van der Waals surface area contributed by atoms with E-state index in [1.807, 2.05) is 42.9 Å². The van der Waals surface area contributed by atoms with Gasteiger partial charge in [-0.2, -0.15) is 10.1 Å². The Labute approximate surface area is 251 Å². The molecule has 0 spiro atoms. The number of amides is 1. The molecule has 11 nitrogen and oxygen atoms in total. The standard InChI is InChI=1S/C31H35N7O4S/c1-20(2)38-17-23(15-32-38)16-36-11-12-37-25(18-36)19-42-28-14-27(29-21(3)7-5-8-22(29)4)33-31(34-28)35-43(40,41)26-10-6-9-24(13-26)30(37)39/h5-10,13-15,17,20,25H,11-12,16,18-19H2,1-4H3,(H,33,34,35)/t25-/m1/s1. The number of hydrogen-bond donors (Lipinski definition) is 1. The third-order valence-corrected chi connectivity index (χ3v) is 9.22. The summed E-state index contributed by atoms with van der Waals surface area (Å²) in [7, 11) is -4.10. The lowest BCUT2D eigenvalue weighted by molar-refractivity contribution is 0.0310. The van der Waals surface area contributed by atoms with Crippen LogP contribution < -0.4 is 9.46 Å². The maximum absolute atomic E-state index is 13.8. The van der Waals surface area contributed by atoms with Crippen LogP contribution in [-0.2, 0) is 16.6 Å². The van der Waals surface area contributed by atoms with Crippen LogP contribution in [0.15, 0.2) is 65.8 Å². The molecular formula is C31H35N7O4S. The first-order valence-corrected chi connectivity index (χ1v) is 15.8. The first kappa shape index (κ1) is 28.8. The number of anilines is 1. The van der Waals surface area contributed by atoms with Crippen molar-refractivity contribution in [2.75, 3.05) is 31.0 Å². The monoisotopic (exact) mass is 601 g/mol. The minimum Gasteiger partial charge on any atom is -0.475 e. The maximum atomic E-state index is 13.8. The SMILES string of the molecule is Cc1cccc(C)c1-c1cc2nc(n1)NS(=O)(=O)c1cccc(c1)C(=O)N1CCN(Cc3cnn(C(C)C)c3)C[C@@H]1CO2.